The summed E-state index contributed by atoms with van der Waals surface area (Å²) >= 11 is 0. The Morgan fingerprint density at radius 1 is 0.880 bits per heavy atom. The molecule has 3 rings (SSSR count). The average molecular weight is 347 g/mol. The van der Waals surface area contributed by atoms with Gasteiger partial charge in [0.2, 0.25) is 5.91 Å². The molecule has 1 aromatic carbocycles. The minimum Gasteiger partial charge on any atom is -0.341 e. The Bertz CT molecular complexity index is 656. The monoisotopic (exact) mass is 347 g/mol. The minimum absolute atomic E-state index is 0.0328. The topological polar surface area (TPSA) is 60.9 Å². The molecular weight excluding hydrogens is 325 g/mol. The van der Waals surface area contributed by atoms with E-state index in [1.165, 1.54) is 21.9 Å². The fourth-order valence-corrected chi connectivity index (χ4v) is 3.23. The molecule has 7 heteroatoms. The number of hydrogen-bond donors (Lipinski definition) is 0. The second-order valence-corrected chi connectivity index (χ2v) is 6.52. The van der Waals surface area contributed by atoms with Crippen LogP contribution in [0.5, 0.6) is 0 Å². The minimum atomic E-state index is -0.640. The Hall–Kier alpha value is -2.44. The lowest BCUT2D eigenvalue weighted by molar-refractivity contribution is -0.158. The summed E-state index contributed by atoms with van der Waals surface area (Å²) < 4.78 is 13.0. The van der Waals surface area contributed by atoms with Crippen LogP contribution >= 0.6 is 0 Å². The normalized spacial score (nSPS) is 18.7. The van der Waals surface area contributed by atoms with E-state index in [9.17, 15) is 18.8 Å². The van der Waals surface area contributed by atoms with Crippen molar-refractivity contribution in [3.8, 4) is 0 Å². The van der Waals surface area contributed by atoms with Gasteiger partial charge in [0, 0.05) is 32.7 Å². The highest BCUT2D eigenvalue weighted by Crippen LogP contribution is 2.13. The molecule has 0 atom stereocenters. The van der Waals surface area contributed by atoms with E-state index in [2.05, 4.69) is 0 Å². The number of hydrogen-bond acceptors (Lipinski definition) is 3. The third kappa shape index (κ3) is 4.15. The molecule has 0 aromatic heterocycles. The van der Waals surface area contributed by atoms with E-state index >= 15 is 0 Å². The van der Waals surface area contributed by atoms with Crippen molar-refractivity contribution in [3.63, 3.8) is 0 Å². The zero-order valence-corrected chi connectivity index (χ0v) is 14.1. The molecule has 0 aliphatic carbocycles. The van der Waals surface area contributed by atoms with E-state index in [-0.39, 0.29) is 24.8 Å². The molecule has 0 spiro atoms. The van der Waals surface area contributed by atoms with E-state index in [0.717, 1.165) is 37.9 Å². The highest BCUT2D eigenvalue weighted by atomic mass is 19.1. The number of carbonyl (C=O) groups is 3. The largest absolute Gasteiger partial charge is 0.341 e. The molecule has 0 bridgehead atoms. The summed E-state index contributed by atoms with van der Waals surface area (Å²) in [6, 6.07) is 5.85. The van der Waals surface area contributed by atoms with Gasteiger partial charge in [-0.1, -0.05) is 12.1 Å². The maximum absolute atomic E-state index is 13.0. The van der Waals surface area contributed by atoms with Gasteiger partial charge in [0.15, 0.2) is 0 Å². The Balaban J connectivity index is 1.56. The first-order chi connectivity index (χ1) is 12.0. The molecule has 1 aromatic rings. The molecule has 134 valence electrons. The van der Waals surface area contributed by atoms with Gasteiger partial charge in [0.25, 0.3) is 0 Å². The van der Waals surface area contributed by atoms with E-state index in [1.54, 1.807) is 17.0 Å². The van der Waals surface area contributed by atoms with E-state index in [1.807, 2.05) is 0 Å². The van der Waals surface area contributed by atoms with Crippen molar-refractivity contribution in [1.29, 1.82) is 0 Å². The molecule has 6 nitrogen and oxygen atoms in total. The number of rotatable bonds is 4. The molecule has 2 aliphatic rings. The summed E-state index contributed by atoms with van der Waals surface area (Å²) in [6.45, 7) is 2.39. The van der Waals surface area contributed by atoms with Gasteiger partial charge in [-0.05, 0) is 37.0 Å². The molecule has 3 amide bonds. The molecule has 0 radical (unpaired) electrons. The summed E-state index contributed by atoms with van der Waals surface area (Å²) in [6.07, 6.45) is 3.11. The second-order valence-electron chi connectivity index (χ2n) is 6.52. The summed E-state index contributed by atoms with van der Waals surface area (Å²) in [7, 11) is 0. The van der Waals surface area contributed by atoms with Crippen molar-refractivity contribution in [2.24, 2.45) is 0 Å². The van der Waals surface area contributed by atoms with Gasteiger partial charge in [0.05, 0.1) is 0 Å². The third-order valence-electron chi connectivity index (χ3n) is 4.72. The lowest BCUT2D eigenvalue weighted by atomic mass is 10.1. The van der Waals surface area contributed by atoms with Crippen LogP contribution in [0.2, 0.25) is 0 Å². The number of piperidine rings is 1. The molecule has 2 saturated heterocycles. The summed E-state index contributed by atoms with van der Waals surface area (Å²) in [4.78, 5) is 41.4. The van der Waals surface area contributed by atoms with Crippen molar-refractivity contribution >= 4 is 17.7 Å². The zero-order chi connectivity index (χ0) is 17.8. The number of likely N-dealkylation sites (tertiary alicyclic amines) is 1. The van der Waals surface area contributed by atoms with Crippen LogP contribution < -0.4 is 0 Å². The third-order valence-corrected chi connectivity index (χ3v) is 4.72. The quantitative estimate of drug-likeness (QED) is 0.764. The zero-order valence-electron chi connectivity index (χ0n) is 14.1. The number of nitrogens with zero attached hydrogens (tertiary/aromatic N) is 3. The summed E-state index contributed by atoms with van der Waals surface area (Å²) in [5, 5.41) is 0. The van der Waals surface area contributed by atoms with Crippen molar-refractivity contribution in [2.75, 3.05) is 32.7 Å². The predicted molar refractivity (Wildman–Crippen MR) is 88.8 cm³/mol. The fourth-order valence-electron chi connectivity index (χ4n) is 3.23. The van der Waals surface area contributed by atoms with Gasteiger partial charge >= 0.3 is 11.8 Å². The second kappa shape index (κ2) is 7.63. The van der Waals surface area contributed by atoms with Gasteiger partial charge in [-0.25, -0.2) is 4.39 Å². The van der Waals surface area contributed by atoms with E-state index in [4.69, 9.17) is 0 Å². The number of piperazine rings is 1. The van der Waals surface area contributed by atoms with Gasteiger partial charge in [-0.2, -0.15) is 0 Å². The summed E-state index contributed by atoms with van der Waals surface area (Å²) in [5.74, 6) is -1.68. The molecule has 2 aliphatic heterocycles. The van der Waals surface area contributed by atoms with Crippen molar-refractivity contribution in [3.05, 3.63) is 35.6 Å². The van der Waals surface area contributed by atoms with Gasteiger partial charge < -0.3 is 14.7 Å². The fraction of sp³-hybridized carbons (Fsp3) is 0.500. The van der Waals surface area contributed by atoms with Crippen LogP contribution in [-0.4, -0.2) is 65.1 Å². The molecule has 0 unspecified atom stereocenters. The smallest absolute Gasteiger partial charge is 0.312 e. The van der Waals surface area contributed by atoms with Crippen LogP contribution in [0.3, 0.4) is 0 Å². The number of benzene rings is 1. The maximum atomic E-state index is 13.0. The van der Waals surface area contributed by atoms with E-state index < -0.39 is 11.8 Å². The van der Waals surface area contributed by atoms with E-state index in [0.29, 0.717) is 13.1 Å². The predicted octanol–water partition coefficient (Wildman–Crippen LogP) is 1.01. The molecule has 0 saturated carbocycles. The van der Waals surface area contributed by atoms with Crippen LogP contribution in [0.15, 0.2) is 24.3 Å². The molecule has 25 heavy (non-hydrogen) atoms. The molecule has 2 fully saturated rings. The lowest BCUT2D eigenvalue weighted by Gasteiger charge is -2.35. The number of amides is 3. The molecular formula is C18H22FN3O3. The Morgan fingerprint density at radius 3 is 2.16 bits per heavy atom. The van der Waals surface area contributed by atoms with Crippen LogP contribution in [0.25, 0.3) is 0 Å². The van der Waals surface area contributed by atoms with Crippen LogP contribution in [-0.2, 0) is 20.9 Å². The molecule has 0 N–H and O–H groups in total. The maximum Gasteiger partial charge on any atom is 0.312 e. The molecule has 2 heterocycles. The number of halogens is 1. The van der Waals surface area contributed by atoms with Crippen LogP contribution in [0, 0.1) is 5.82 Å². The van der Waals surface area contributed by atoms with Gasteiger partial charge in [-0.3, -0.25) is 14.4 Å². The van der Waals surface area contributed by atoms with Gasteiger partial charge in [-0.15, -0.1) is 0 Å². The van der Waals surface area contributed by atoms with Crippen molar-refractivity contribution in [2.45, 2.75) is 25.8 Å². The van der Waals surface area contributed by atoms with Crippen LogP contribution in [0.1, 0.15) is 24.8 Å². The highest BCUT2D eigenvalue weighted by Gasteiger charge is 2.34. The van der Waals surface area contributed by atoms with Crippen molar-refractivity contribution < 1.29 is 18.8 Å². The summed E-state index contributed by atoms with van der Waals surface area (Å²) in [5.41, 5.74) is 0.764. The van der Waals surface area contributed by atoms with Crippen LogP contribution in [0.4, 0.5) is 4.39 Å². The average Bonchev–Trinajstić information content (AvgIpc) is 2.64. The Kier molecular flexibility index (Phi) is 5.31. The first-order valence-corrected chi connectivity index (χ1v) is 8.65. The first kappa shape index (κ1) is 17.4. The van der Waals surface area contributed by atoms with Gasteiger partial charge in [0.1, 0.15) is 12.4 Å². The Labute approximate surface area is 146 Å². The van der Waals surface area contributed by atoms with Crippen molar-refractivity contribution in [1.82, 2.24) is 14.7 Å². The number of carbonyl (C=O) groups excluding carboxylic acids is 3. The Morgan fingerprint density at radius 2 is 1.48 bits per heavy atom. The lowest BCUT2D eigenvalue weighted by Crippen LogP contribution is -2.56. The SMILES string of the molecule is O=C(CN1CCN(Cc2ccc(F)cc2)C(=O)C1=O)N1CCCCC1. The standard InChI is InChI=1S/C18H22FN3O3/c19-15-6-4-14(5-7-15)12-21-10-11-22(18(25)17(21)24)13-16(23)20-8-2-1-3-9-20/h4-7H,1-3,8-13H2. The highest BCUT2D eigenvalue weighted by molar-refractivity contribution is 6.35. The first-order valence-electron chi connectivity index (χ1n) is 8.65.